The average molecular weight is 543 g/mol. The average Bonchev–Trinajstić information content (AvgIpc) is 3.35. The van der Waals surface area contributed by atoms with Crippen molar-refractivity contribution in [3.05, 3.63) is 71.2 Å². The fourth-order valence-corrected chi connectivity index (χ4v) is 5.42. The van der Waals surface area contributed by atoms with Gasteiger partial charge < -0.3 is 14.8 Å². The molecule has 0 aliphatic carbocycles. The lowest BCUT2D eigenvalue weighted by atomic mass is 10.2. The molecule has 0 radical (unpaired) electrons. The number of benzene rings is 2. The summed E-state index contributed by atoms with van der Waals surface area (Å²) >= 11 is 6.29. The maximum Gasteiger partial charge on any atom is 0.251 e. The SMILES string of the molecule is O=C(NCCOc1ccc2nnc(-c3ccccc3Cl)n2n1)c1ccc(S(=O)(=O)N2CCOCC2)cc1. The van der Waals surface area contributed by atoms with Gasteiger partial charge >= 0.3 is 0 Å². The molecule has 1 amide bonds. The number of amides is 1. The molecule has 0 spiro atoms. The van der Waals surface area contributed by atoms with Gasteiger partial charge in [-0.15, -0.1) is 15.3 Å². The van der Waals surface area contributed by atoms with Crippen molar-refractivity contribution < 1.29 is 22.7 Å². The highest BCUT2D eigenvalue weighted by Gasteiger charge is 2.26. The van der Waals surface area contributed by atoms with E-state index in [1.54, 1.807) is 22.7 Å². The number of fused-ring (bicyclic) bond motifs is 1. The van der Waals surface area contributed by atoms with Crippen LogP contribution in [-0.4, -0.2) is 77.9 Å². The van der Waals surface area contributed by atoms with Crippen LogP contribution in [0.25, 0.3) is 17.0 Å². The molecule has 1 aliphatic rings. The van der Waals surface area contributed by atoms with Crippen molar-refractivity contribution >= 4 is 33.2 Å². The van der Waals surface area contributed by atoms with Crippen LogP contribution in [-0.2, 0) is 14.8 Å². The van der Waals surface area contributed by atoms with Crippen LogP contribution in [0.15, 0.2) is 65.6 Å². The van der Waals surface area contributed by atoms with E-state index in [2.05, 4.69) is 20.6 Å². The first-order valence-corrected chi connectivity index (χ1v) is 13.3. The van der Waals surface area contributed by atoms with Crippen molar-refractivity contribution in [3.8, 4) is 17.3 Å². The number of ether oxygens (including phenoxy) is 2. The van der Waals surface area contributed by atoms with Crippen molar-refractivity contribution in [2.75, 3.05) is 39.5 Å². The van der Waals surface area contributed by atoms with Crippen molar-refractivity contribution in [2.45, 2.75) is 4.90 Å². The first-order chi connectivity index (χ1) is 17.9. The standard InChI is InChI=1S/C24H23ClN6O5S/c25-20-4-2-1-3-19(20)23-28-27-21-9-10-22(29-31(21)23)36-14-11-26-24(32)17-5-7-18(8-6-17)37(33,34)30-12-15-35-16-13-30/h1-10H,11-16H2,(H,26,32). The second-order valence-electron chi connectivity index (χ2n) is 8.09. The van der Waals surface area contributed by atoms with E-state index in [1.807, 2.05) is 18.2 Å². The summed E-state index contributed by atoms with van der Waals surface area (Å²) in [6, 6.07) is 16.5. The molecule has 1 saturated heterocycles. The molecule has 192 valence electrons. The van der Waals surface area contributed by atoms with Gasteiger partial charge in [-0.25, -0.2) is 8.42 Å². The van der Waals surface area contributed by atoms with Crippen LogP contribution in [0.4, 0.5) is 0 Å². The second-order valence-corrected chi connectivity index (χ2v) is 10.4. The van der Waals surface area contributed by atoms with Gasteiger partial charge in [0.1, 0.15) is 6.61 Å². The number of nitrogens with zero attached hydrogens (tertiary/aromatic N) is 5. The minimum Gasteiger partial charge on any atom is -0.475 e. The summed E-state index contributed by atoms with van der Waals surface area (Å²) in [7, 11) is -3.61. The number of carbonyl (C=O) groups is 1. The zero-order valence-corrected chi connectivity index (χ0v) is 21.2. The predicted molar refractivity (Wildman–Crippen MR) is 135 cm³/mol. The van der Waals surface area contributed by atoms with Gasteiger partial charge in [-0.2, -0.15) is 8.82 Å². The lowest BCUT2D eigenvalue weighted by Gasteiger charge is -2.26. The summed E-state index contributed by atoms with van der Waals surface area (Å²) in [5.41, 5.74) is 1.57. The molecule has 0 bridgehead atoms. The van der Waals surface area contributed by atoms with E-state index in [1.165, 1.54) is 28.6 Å². The van der Waals surface area contributed by atoms with Gasteiger partial charge in [0.25, 0.3) is 5.91 Å². The summed E-state index contributed by atoms with van der Waals surface area (Å²) in [6.45, 7) is 1.74. The molecule has 2 aromatic heterocycles. The third kappa shape index (κ3) is 5.42. The second kappa shape index (κ2) is 10.8. The summed E-state index contributed by atoms with van der Waals surface area (Å²) in [6.07, 6.45) is 0. The Hall–Kier alpha value is -3.58. The Bertz CT molecular complexity index is 1520. The molecule has 11 nitrogen and oxygen atoms in total. The molecule has 3 heterocycles. The predicted octanol–water partition coefficient (Wildman–Crippen LogP) is 2.27. The van der Waals surface area contributed by atoms with Crippen LogP contribution in [0.3, 0.4) is 0 Å². The lowest BCUT2D eigenvalue weighted by Crippen LogP contribution is -2.40. The van der Waals surface area contributed by atoms with Crippen molar-refractivity contribution in [1.82, 2.24) is 29.4 Å². The Morgan fingerprint density at radius 2 is 1.78 bits per heavy atom. The highest BCUT2D eigenvalue weighted by molar-refractivity contribution is 7.89. The number of rotatable bonds is 8. The maximum atomic E-state index is 12.7. The van der Waals surface area contributed by atoms with Crippen LogP contribution in [0, 0.1) is 0 Å². The van der Waals surface area contributed by atoms with Gasteiger partial charge in [0, 0.05) is 30.3 Å². The molecular weight excluding hydrogens is 520 g/mol. The van der Waals surface area contributed by atoms with E-state index in [0.29, 0.717) is 59.8 Å². The highest BCUT2D eigenvalue weighted by atomic mass is 35.5. The molecule has 13 heteroatoms. The molecule has 1 fully saturated rings. The van der Waals surface area contributed by atoms with Crippen molar-refractivity contribution in [1.29, 1.82) is 0 Å². The van der Waals surface area contributed by atoms with E-state index >= 15 is 0 Å². The highest BCUT2D eigenvalue weighted by Crippen LogP contribution is 2.26. The number of aromatic nitrogens is 4. The van der Waals surface area contributed by atoms with E-state index in [9.17, 15) is 13.2 Å². The van der Waals surface area contributed by atoms with Crippen molar-refractivity contribution in [3.63, 3.8) is 0 Å². The third-order valence-corrected chi connectivity index (χ3v) is 7.96. The largest absolute Gasteiger partial charge is 0.475 e. The van der Waals surface area contributed by atoms with Gasteiger partial charge in [0.15, 0.2) is 11.5 Å². The molecular formula is C24H23ClN6O5S. The Kier molecular flexibility index (Phi) is 7.33. The number of morpholine rings is 1. The minimum atomic E-state index is -3.61. The Labute approximate surface area is 218 Å². The summed E-state index contributed by atoms with van der Waals surface area (Å²) < 4.78 is 39.3. The summed E-state index contributed by atoms with van der Waals surface area (Å²) in [4.78, 5) is 12.6. The zero-order chi connectivity index (χ0) is 25.8. The summed E-state index contributed by atoms with van der Waals surface area (Å²) in [5, 5.41) is 16.0. The quantitative estimate of drug-likeness (QED) is 0.336. The molecule has 37 heavy (non-hydrogen) atoms. The van der Waals surface area contributed by atoms with Gasteiger partial charge in [0.05, 0.1) is 29.7 Å². The monoisotopic (exact) mass is 542 g/mol. The van der Waals surface area contributed by atoms with Gasteiger partial charge in [-0.1, -0.05) is 23.7 Å². The molecule has 0 atom stereocenters. The Balaban J connectivity index is 1.17. The first-order valence-electron chi connectivity index (χ1n) is 11.5. The molecule has 0 unspecified atom stereocenters. The smallest absolute Gasteiger partial charge is 0.251 e. The number of sulfonamides is 1. The minimum absolute atomic E-state index is 0.140. The normalized spacial score (nSPS) is 14.5. The Morgan fingerprint density at radius 3 is 2.54 bits per heavy atom. The molecule has 2 aromatic carbocycles. The van der Waals surface area contributed by atoms with Gasteiger partial charge in [-0.3, -0.25) is 4.79 Å². The Morgan fingerprint density at radius 1 is 1.03 bits per heavy atom. The van der Waals surface area contributed by atoms with Crippen LogP contribution < -0.4 is 10.1 Å². The van der Waals surface area contributed by atoms with Gasteiger partial charge in [-0.05, 0) is 42.5 Å². The molecule has 0 saturated carbocycles. The number of hydrogen-bond donors (Lipinski definition) is 1. The molecule has 4 aromatic rings. The van der Waals surface area contributed by atoms with Crippen molar-refractivity contribution in [2.24, 2.45) is 0 Å². The van der Waals surface area contributed by atoms with Crippen LogP contribution in [0.1, 0.15) is 10.4 Å². The maximum absolute atomic E-state index is 12.7. The number of halogens is 1. The fourth-order valence-electron chi connectivity index (χ4n) is 3.80. The van der Waals surface area contributed by atoms with Gasteiger partial charge in [0.2, 0.25) is 15.9 Å². The van der Waals surface area contributed by atoms with Crippen LogP contribution in [0.2, 0.25) is 5.02 Å². The lowest BCUT2D eigenvalue weighted by molar-refractivity contribution is 0.0730. The van der Waals surface area contributed by atoms with E-state index in [-0.39, 0.29) is 24.0 Å². The number of carbonyl (C=O) groups excluding carboxylic acids is 1. The zero-order valence-electron chi connectivity index (χ0n) is 19.6. The van der Waals surface area contributed by atoms with E-state index in [4.69, 9.17) is 21.1 Å². The number of hydrogen-bond acceptors (Lipinski definition) is 8. The van der Waals surface area contributed by atoms with Crippen LogP contribution in [0.5, 0.6) is 5.88 Å². The number of nitrogens with one attached hydrogen (secondary N) is 1. The molecule has 1 aliphatic heterocycles. The molecule has 1 N–H and O–H groups in total. The third-order valence-electron chi connectivity index (χ3n) is 5.72. The molecule has 5 rings (SSSR count). The topological polar surface area (TPSA) is 128 Å². The van der Waals surface area contributed by atoms with E-state index in [0.717, 1.165) is 0 Å². The van der Waals surface area contributed by atoms with Crippen LogP contribution >= 0.6 is 11.6 Å². The van der Waals surface area contributed by atoms with E-state index < -0.39 is 10.0 Å². The summed E-state index contributed by atoms with van der Waals surface area (Å²) in [5.74, 6) is 0.466. The fraction of sp³-hybridized carbons (Fsp3) is 0.250. The first kappa shape index (κ1) is 25.1.